The maximum atomic E-state index is 13.5. The molecule has 1 aromatic heterocycles. The molecule has 0 radical (unpaired) electrons. The van der Waals surface area contributed by atoms with E-state index in [0.29, 0.717) is 11.5 Å². The van der Waals surface area contributed by atoms with E-state index in [4.69, 9.17) is 10.3 Å². The number of nitrogens with two attached hydrogens (primary N) is 1. The number of hydrogen-bond donors (Lipinski definition) is 2. The molecule has 0 aliphatic carbocycles. The van der Waals surface area contributed by atoms with Gasteiger partial charge in [0, 0.05) is 17.8 Å². The first kappa shape index (κ1) is 12.3. The van der Waals surface area contributed by atoms with E-state index >= 15 is 0 Å². The molecular weight excluding hydrogens is 240 g/mol. The van der Waals surface area contributed by atoms with Crippen LogP contribution in [0.5, 0.6) is 0 Å². The summed E-state index contributed by atoms with van der Waals surface area (Å²) in [6.45, 7) is 3.74. The molecule has 0 saturated carbocycles. The molecule has 96 valence electrons. The normalized spacial score (nSPS) is 10.7. The van der Waals surface area contributed by atoms with E-state index in [0.717, 1.165) is 17.7 Å². The fraction of sp³-hybridized carbons (Fsp3) is 0.250. The van der Waals surface area contributed by atoms with Gasteiger partial charge in [-0.2, -0.15) is 0 Å². The summed E-state index contributed by atoms with van der Waals surface area (Å²) < 4.78 is 32.0. The van der Waals surface area contributed by atoms with Crippen molar-refractivity contribution in [2.45, 2.75) is 20.4 Å². The summed E-state index contributed by atoms with van der Waals surface area (Å²) >= 11 is 0. The molecule has 4 nitrogen and oxygen atoms in total. The van der Waals surface area contributed by atoms with E-state index in [2.05, 4.69) is 10.5 Å². The Morgan fingerprint density at radius 1 is 1.28 bits per heavy atom. The van der Waals surface area contributed by atoms with Crippen molar-refractivity contribution in [3.8, 4) is 0 Å². The van der Waals surface area contributed by atoms with E-state index in [-0.39, 0.29) is 17.9 Å². The number of nitrogens with one attached hydrogen (secondary N) is 1. The Balaban J connectivity index is 2.21. The molecule has 6 heteroatoms. The molecule has 1 aromatic carbocycles. The fourth-order valence-electron chi connectivity index (χ4n) is 1.69. The Labute approximate surface area is 103 Å². The topological polar surface area (TPSA) is 64.1 Å². The van der Waals surface area contributed by atoms with Gasteiger partial charge in [-0.3, -0.25) is 0 Å². The van der Waals surface area contributed by atoms with Gasteiger partial charge in [0.2, 0.25) is 0 Å². The predicted molar refractivity (Wildman–Crippen MR) is 64.1 cm³/mol. The Morgan fingerprint density at radius 2 is 1.89 bits per heavy atom. The Kier molecular flexibility index (Phi) is 3.18. The second kappa shape index (κ2) is 4.64. The highest BCUT2D eigenvalue weighted by atomic mass is 19.1. The van der Waals surface area contributed by atoms with Gasteiger partial charge >= 0.3 is 0 Å². The Hall–Kier alpha value is -2.11. The van der Waals surface area contributed by atoms with Crippen molar-refractivity contribution in [2.75, 3.05) is 11.1 Å². The predicted octanol–water partition coefficient (Wildman–Crippen LogP) is 2.76. The minimum Gasteiger partial charge on any atom is -0.399 e. The number of benzene rings is 1. The maximum absolute atomic E-state index is 13.5. The van der Waals surface area contributed by atoms with Crippen LogP contribution in [0, 0.1) is 25.5 Å². The van der Waals surface area contributed by atoms with Crippen molar-refractivity contribution in [3.05, 3.63) is 40.8 Å². The highest BCUT2D eigenvalue weighted by molar-refractivity contribution is 5.54. The molecule has 18 heavy (non-hydrogen) atoms. The van der Waals surface area contributed by atoms with Gasteiger partial charge in [-0.15, -0.1) is 0 Å². The van der Waals surface area contributed by atoms with E-state index in [1.54, 1.807) is 13.8 Å². The van der Waals surface area contributed by atoms with Crippen molar-refractivity contribution in [3.63, 3.8) is 0 Å². The van der Waals surface area contributed by atoms with Crippen LogP contribution in [0.15, 0.2) is 16.7 Å². The third kappa shape index (κ3) is 2.27. The number of anilines is 2. The number of hydrogen-bond acceptors (Lipinski definition) is 4. The van der Waals surface area contributed by atoms with Gasteiger partial charge in [0.15, 0.2) is 11.6 Å². The van der Waals surface area contributed by atoms with Crippen LogP contribution in [-0.2, 0) is 6.54 Å². The lowest BCUT2D eigenvalue weighted by molar-refractivity contribution is 0.392. The number of aromatic nitrogens is 1. The first-order valence-electron chi connectivity index (χ1n) is 5.39. The standard InChI is InChI=1S/C12H13F2N3O/c1-6-9(7(2)18-17-6)5-16-12-10(13)3-8(15)4-11(12)14/h3-4,16H,5,15H2,1-2H3. The maximum Gasteiger partial charge on any atom is 0.151 e. The summed E-state index contributed by atoms with van der Waals surface area (Å²) in [4.78, 5) is 0. The van der Waals surface area contributed by atoms with E-state index in [9.17, 15) is 8.78 Å². The zero-order chi connectivity index (χ0) is 13.3. The lowest BCUT2D eigenvalue weighted by Crippen LogP contribution is -2.06. The number of aryl methyl sites for hydroxylation is 2. The largest absolute Gasteiger partial charge is 0.399 e. The molecule has 0 unspecified atom stereocenters. The van der Waals surface area contributed by atoms with Crippen LogP contribution in [0.3, 0.4) is 0 Å². The van der Waals surface area contributed by atoms with E-state index in [1.165, 1.54) is 0 Å². The molecule has 2 aromatic rings. The molecule has 0 atom stereocenters. The minimum atomic E-state index is -0.723. The lowest BCUT2D eigenvalue weighted by Gasteiger charge is -2.09. The minimum absolute atomic E-state index is 0.0490. The SMILES string of the molecule is Cc1noc(C)c1CNc1c(F)cc(N)cc1F. The highest BCUT2D eigenvalue weighted by Crippen LogP contribution is 2.23. The first-order valence-corrected chi connectivity index (χ1v) is 5.39. The number of nitrogen functional groups attached to an aromatic ring is 1. The third-order valence-electron chi connectivity index (χ3n) is 2.69. The second-order valence-corrected chi connectivity index (χ2v) is 4.02. The van der Waals surface area contributed by atoms with Crippen LogP contribution < -0.4 is 11.1 Å². The number of rotatable bonds is 3. The molecular formula is C12H13F2N3O. The van der Waals surface area contributed by atoms with Gasteiger partial charge in [0.1, 0.15) is 11.4 Å². The summed E-state index contributed by atoms with van der Waals surface area (Å²) in [6.07, 6.45) is 0. The Bertz CT molecular complexity index is 538. The molecule has 1 heterocycles. The zero-order valence-corrected chi connectivity index (χ0v) is 10.1. The Morgan fingerprint density at radius 3 is 2.39 bits per heavy atom. The third-order valence-corrected chi connectivity index (χ3v) is 2.69. The van der Waals surface area contributed by atoms with Gasteiger partial charge in [-0.05, 0) is 26.0 Å². The summed E-state index contributed by atoms with van der Waals surface area (Å²) in [5, 5.41) is 6.45. The van der Waals surface area contributed by atoms with Gasteiger partial charge in [0.05, 0.1) is 5.69 Å². The van der Waals surface area contributed by atoms with Crippen molar-refractivity contribution in [2.24, 2.45) is 0 Å². The number of halogens is 2. The summed E-state index contributed by atoms with van der Waals surface area (Å²) in [6, 6.07) is 2.14. The average molecular weight is 253 g/mol. The van der Waals surface area contributed by atoms with Crippen LogP contribution in [0.4, 0.5) is 20.2 Å². The quantitative estimate of drug-likeness (QED) is 0.825. The molecule has 0 amide bonds. The van der Waals surface area contributed by atoms with Gasteiger partial charge in [0.25, 0.3) is 0 Å². The number of nitrogens with zero attached hydrogens (tertiary/aromatic N) is 1. The van der Waals surface area contributed by atoms with Crippen LogP contribution >= 0.6 is 0 Å². The van der Waals surface area contributed by atoms with Crippen molar-refractivity contribution < 1.29 is 13.3 Å². The van der Waals surface area contributed by atoms with Crippen LogP contribution in [-0.4, -0.2) is 5.16 Å². The highest BCUT2D eigenvalue weighted by Gasteiger charge is 2.13. The van der Waals surface area contributed by atoms with Crippen molar-refractivity contribution >= 4 is 11.4 Å². The lowest BCUT2D eigenvalue weighted by atomic mass is 10.2. The molecule has 0 saturated heterocycles. The molecule has 0 aliphatic rings. The first-order chi connectivity index (χ1) is 8.49. The summed E-state index contributed by atoms with van der Waals surface area (Å²) in [7, 11) is 0. The van der Waals surface area contributed by atoms with Gasteiger partial charge < -0.3 is 15.6 Å². The molecule has 0 fully saturated rings. The van der Waals surface area contributed by atoms with E-state index < -0.39 is 11.6 Å². The molecule has 0 bridgehead atoms. The van der Waals surface area contributed by atoms with Crippen LogP contribution in [0.1, 0.15) is 17.0 Å². The smallest absolute Gasteiger partial charge is 0.151 e. The van der Waals surface area contributed by atoms with Crippen molar-refractivity contribution in [1.82, 2.24) is 5.16 Å². The molecule has 0 aliphatic heterocycles. The van der Waals surface area contributed by atoms with Gasteiger partial charge in [-0.25, -0.2) is 8.78 Å². The summed E-state index contributed by atoms with van der Waals surface area (Å²) in [5.41, 5.74) is 6.65. The summed E-state index contributed by atoms with van der Waals surface area (Å²) in [5.74, 6) is -0.824. The molecule has 2 rings (SSSR count). The van der Waals surface area contributed by atoms with Crippen LogP contribution in [0.2, 0.25) is 0 Å². The zero-order valence-electron chi connectivity index (χ0n) is 10.1. The molecule has 3 N–H and O–H groups in total. The second-order valence-electron chi connectivity index (χ2n) is 4.02. The molecule has 0 spiro atoms. The monoisotopic (exact) mass is 253 g/mol. The van der Waals surface area contributed by atoms with Gasteiger partial charge in [-0.1, -0.05) is 5.16 Å². The van der Waals surface area contributed by atoms with Crippen LogP contribution in [0.25, 0.3) is 0 Å². The average Bonchev–Trinajstić information content (AvgIpc) is 2.58. The van der Waals surface area contributed by atoms with E-state index in [1.807, 2.05) is 0 Å². The fourth-order valence-corrected chi connectivity index (χ4v) is 1.69. The van der Waals surface area contributed by atoms with Crippen molar-refractivity contribution in [1.29, 1.82) is 0 Å².